The van der Waals surface area contributed by atoms with Crippen molar-refractivity contribution in [3.63, 3.8) is 0 Å². The van der Waals surface area contributed by atoms with Gasteiger partial charge in [-0.25, -0.2) is 0 Å². The lowest BCUT2D eigenvalue weighted by Gasteiger charge is -2.16. The molecule has 0 atom stereocenters. The van der Waals surface area contributed by atoms with E-state index in [2.05, 4.69) is 23.5 Å². The Morgan fingerprint density at radius 2 is 1.93 bits per heavy atom. The SMILES string of the molecule is NCNCc1ccc2c(c1)CCCC2. The molecular formula is C12H18N2. The fourth-order valence-corrected chi connectivity index (χ4v) is 2.11. The molecule has 2 heteroatoms. The zero-order valence-corrected chi connectivity index (χ0v) is 8.55. The van der Waals surface area contributed by atoms with Gasteiger partial charge in [0.15, 0.2) is 0 Å². The van der Waals surface area contributed by atoms with Gasteiger partial charge in [0.25, 0.3) is 0 Å². The van der Waals surface area contributed by atoms with E-state index in [9.17, 15) is 0 Å². The number of hydrogen-bond acceptors (Lipinski definition) is 2. The van der Waals surface area contributed by atoms with Gasteiger partial charge in [-0.3, -0.25) is 0 Å². The van der Waals surface area contributed by atoms with E-state index in [1.54, 1.807) is 11.1 Å². The first-order valence-electron chi connectivity index (χ1n) is 5.41. The maximum Gasteiger partial charge on any atom is 0.0431 e. The Balaban J connectivity index is 2.12. The van der Waals surface area contributed by atoms with Crippen molar-refractivity contribution in [1.82, 2.24) is 5.32 Å². The maximum absolute atomic E-state index is 5.40. The van der Waals surface area contributed by atoms with Crippen molar-refractivity contribution in [3.05, 3.63) is 34.9 Å². The monoisotopic (exact) mass is 190 g/mol. The smallest absolute Gasteiger partial charge is 0.0431 e. The Kier molecular flexibility index (Phi) is 3.17. The molecule has 2 nitrogen and oxygen atoms in total. The maximum atomic E-state index is 5.40. The molecule has 0 radical (unpaired) electrons. The van der Waals surface area contributed by atoms with Crippen LogP contribution in [-0.4, -0.2) is 6.67 Å². The van der Waals surface area contributed by atoms with Crippen LogP contribution in [0.15, 0.2) is 18.2 Å². The topological polar surface area (TPSA) is 38.0 Å². The largest absolute Gasteiger partial charge is 0.318 e. The second kappa shape index (κ2) is 4.58. The van der Waals surface area contributed by atoms with Gasteiger partial charge in [0.05, 0.1) is 0 Å². The molecule has 76 valence electrons. The van der Waals surface area contributed by atoms with Gasteiger partial charge in [-0.1, -0.05) is 18.2 Å². The van der Waals surface area contributed by atoms with Gasteiger partial charge < -0.3 is 11.1 Å². The highest BCUT2D eigenvalue weighted by Crippen LogP contribution is 2.21. The van der Waals surface area contributed by atoms with Crippen LogP contribution in [0.4, 0.5) is 0 Å². The summed E-state index contributed by atoms with van der Waals surface area (Å²) in [6.07, 6.45) is 5.22. The summed E-state index contributed by atoms with van der Waals surface area (Å²) in [6, 6.07) is 6.83. The van der Waals surface area contributed by atoms with Crippen LogP contribution in [0, 0.1) is 0 Å². The Hall–Kier alpha value is -0.860. The molecule has 1 aliphatic rings. The van der Waals surface area contributed by atoms with Crippen molar-refractivity contribution >= 4 is 0 Å². The van der Waals surface area contributed by atoms with E-state index in [1.165, 1.54) is 31.2 Å². The van der Waals surface area contributed by atoms with Crippen molar-refractivity contribution in [2.75, 3.05) is 6.67 Å². The first kappa shape index (κ1) is 9.69. The minimum atomic E-state index is 0.553. The second-order valence-electron chi connectivity index (χ2n) is 3.94. The molecule has 0 saturated heterocycles. The molecule has 3 N–H and O–H groups in total. The molecule has 0 aliphatic heterocycles. The van der Waals surface area contributed by atoms with Crippen LogP contribution in [-0.2, 0) is 19.4 Å². The molecule has 1 aromatic carbocycles. The minimum absolute atomic E-state index is 0.553. The molecule has 1 aromatic rings. The predicted molar refractivity (Wildman–Crippen MR) is 59.0 cm³/mol. The number of rotatable bonds is 3. The Morgan fingerprint density at radius 3 is 2.71 bits per heavy atom. The fraction of sp³-hybridized carbons (Fsp3) is 0.500. The molecule has 0 unspecified atom stereocenters. The summed E-state index contributed by atoms with van der Waals surface area (Å²) in [5.41, 5.74) is 9.86. The molecule has 0 fully saturated rings. The Bertz CT molecular complexity index is 307. The number of fused-ring (bicyclic) bond motifs is 1. The lowest BCUT2D eigenvalue weighted by atomic mass is 9.90. The molecule has 1 aliphatic carbocycles. The average Bonchev–Trinajstić information content (AvgIpc) is 2.26. The molecule has 0 bridgehead atoms. The van der Waals surface area contributed by atoms with Gasteiger partial charge in [-0.15, -0.1) is 0 Å². The second-order valence-corrected chi connectivity index (χ2v) is 3.94. The van der Waals surface area contributed by atoms with Gasteiger partial charge in [0.1, 0.15) is 0 Å². The zero-order valence-electron chi connectivity index (χ0n) is 8.55. The summed E-state index contributed by atoms with van der Waals surface area (Å²) >= 11 is 0. The molecule has 14 heavy (non-hydrogen) atoms. The van der Waals surface area contributed by atoms with Crippen LogP contribution < -0.4 is 11.1 Å². The number of aryl methyl sites for hydroxylation is 2. The van der Waals surface area contributed by atoms with Gasteiger partial charge in [0, 0.05) is 13.2 Å². The van der Waals surface area contributed by atoms with Crippen LogP contribution >= 0.6 is 0 Å². The number of nitrogens with two attached hydrogens (primary N) is 1. The summed E-state index contributed by atoms with van der Waals surface area (Å²) in [5.74, 6) is 0. The third-order valence-electron chi connectivity index (χ3n) is 2.89. The highest BCUT2D eigenvalue weighted by molar-refractivity contribution is 5.33. The van der Waals surface area contributed by atoms with Gasteiger partial charge in [-0.05, 0) is 42.4 Å². The average molecular weight is 190 g/mol. The third kappa shape index (κ3) is 2.14. The molecule has 0 heterocycles. The van der Waals surface area contributed by atoms with Gasteiger partial charge in [-0.2, -0.15) is 0 Å². The van der Waals surface area contributed by atoms with Crippen molar-refractivity contribution in [1.29, 1.82) is 0 Å². The predicted octanol–water partition coefficient (Wildman–Crippen LogP) is 1.57. The Labute approximate surface area is 85.5 Å². The standard InChI is InChI=1S/C12H18N2/c13-9-14-8-10-5-6-11-3-1-2-4-12(11)7-10/h5-7,14H,1-4,8-9,13H2. The van der Waals surface area contributed by atoms with Crippen LogP contribution in [0.5, 0.6) is 0 Å². The van der Waals surface area contributed by atoms with Crippen LogP contribution in [0.1, 0.15) is 29.5 Å². The van der Waals surface area contributed by atoms with Crippen molar-refractivity contribution in [2.45, 2.75) is 32.2 Å². The lowest BCUT2D eigenvalue weighted by molar-refractivity contribution is 0.677. The van der Waals surface area contributed by atoms with E-state index >= 15 is 0 Å². The quantitative estimate of drug-likeness (QED) is 0.710. The van der Waals surface area contributed by atoms with E-state index < -0.39 is 0 Å². The van der Waals surface area contributed by atoms with E-state index in [-0.39, 0.29) is 0 Å². The van der Waals surface area contributed by atoms with E-state index in [0.717, 1.165) is 6.54 Å². The highest BCUT2D eigenvalue weighted by Gasteiger charge is 2.08. The normalized spacial score (nSPS) is 15.2. The van der Waals surface area contributed by atoms with E-state index in [4.69, 9.17) is 5.73 Å². The van der Waals surface area contributed by atoms with Crippen molar-refractivity contribution in [3.8, 4) is 0 Å². The zero-order chi connectivity index (χ0) is 9.80. The molecule has 0 amide bonds. The van der Waals surface area contributed by atoms with Gasteiger partial charge >= 0.3 is 0 Å². The van der Waals surface area contributed by atoms with Gasteiger partial charge in [0.2, 0.25) is 0 Å². The highest BCUT2D eigenvalue weighted by atomic mass is 14.9. The summed E-state index contributed by atoms with van der Waals surface area (Å²) in [7, 11) is 0. The third-order valence-corrected chi connectivity index (χ3v) is 2.89. The molecule has 0 saturated carbocycles. The van der Waals surface area contributed by atoms with E-state index in [0.29, 0.717) is 6.67 Å². The summed E-state index contributed by atoms with van der Waals surface area (Å²) in [6.45, 7) is 1.45. The van der Waals surface area contributed by atoms with Crippen molar-refractivity contribution in [2.24, 2.45) is 5.73 Å². The molecule has 0 aromatic heterocycles. The fourth-order valence-electron chi connectivity index (χ4n) is 2.11. The first-order valence-corrected chi connectivity index (χ1v) is 5.41. The number of nitrogens with one attached hydrogen (secondary N) is 1. The van der Waals surface area contributed by atoms with Crippen LogP contribution in [0.2, 0.25) is 0 Å². The number of hydrogen-bond donors (Lipinski definition) is 2. The van der Waals surface area contributed by atoms with Crippen molar-refractivity contribution < 1.29 is 0 Å². The summed E-state index contributed by atoms with van der Waals surface area (Å²) in [5, 5.41) is 3.15. The summed E-state index contributed by atoms with van der Waals surface area (Å²) in [4.78, 5) is 0. The molecular weight excluding hydrogens is 172 g/mol. The Morgan fingerprint density at radius 1 is 1.14 bits per heavy atom. The molecule has 2 rings (SSSR count). The lowest BCUT2D eigenvalue weighted by Crippen LogP contribution is -2.21. The van der Waals surface area contributed by atoms with Crippen LogP contribution in [0.3, 0.4) is 0 Å². The first-order chi connectivity index (χ1) is 6.90. The summed E-state index contributed by atoms with van der Waals surface area (Å²) < 4.78 is 0. The van der Waals surface area contributed by atoms with E-state index in [1.807, 2.05) is 0 Å². The molecule has 0 spiro atoms. The number of benzene rings is 1. The minimum Gasteiger partial charge on any atom is -0.318 e. The van der Waals surface area contributed by atoms with Crippen LogP contribution in [0.25, 0.3) is 0 Å².